The van der Waals surface area contributed by atoms with Crippen molar-refractivity contribution < 1.29 is 37.4 Å². The van der Waals surface area contributed by atoms with Gasteiger partial charge in [-0.15, -0.1) is 11.3 Å². The van der Waals surface area contributed by atoms with E-state index in [4.69, 9.17) is 9.72 Å². The van der Waals surface area contributed by atoms with E-state index in [0.29, 0.717) is 17.0 Å². The number of carboxylic acid groups (broad SMARTS) is 1. The molecule has 1 saturated heterocycles. The first-order valence-electron chi connectivity index (χ1n) is 14.2. The molecule has 4 rings (SSSR count). The molecule has 0 saturated carbocycles. The summed E-state index contributed by atoms with van der Waals surface area (Å²) < 4.78 is 49.7. The van der Waals surface area contributed by atoms with Crippen LogP contribution in [0.3, 0.4) is 0 Å². The maximum absolute atomic E-state index is 15.3. The Morgan fingerprint density at radius 2 is 1.82 bits per heavy atom. The first-order valence-corrected chi connectivity index (χ1v) is 15.1. The van der Waals surface area contributed by atoms with Crippen LogP contribution < -0.4 is 0 Å². The van der Waals surface area contributed by atoms with Gasteiger partial charge in [-0.05, 0) is 36.1 Å². The van der Waals surface area contributed by atoms with Crippen molar-refractivity contribution in [3.8, 4) is 10.6 Å². The molecule has 4 atom stereocenters. The molecule has 44 heavy (non-hydrogen) atoms. The van der Waals surface area contributed by atoms with Crippen LogP contribution in [-0.2, 0) is 20.7 Å². The fraction of sp³-hybridized carbons (Fsp3) is 0.438. The highest BCUT2D eigenvalue weighted by molar-refractivity contribution is 7.15. The minimum absolute atomic E-state index is 0.0360. The molecule has 2 unspecified atom stereocenters. The quantitative estimate of drug-likeness (QED) is 0.271. The average Bonchev–Trinajstić information content (AvgIpc) is 3.51. The van der Waals surface area contributed by atoms with Gasteiger partial charge in [0.2, 0.25) is 0 Å². The summed E-state index contributed by atoms with van der Waals surface area (Å²) in [4.78, 5) is 45.4. The van der Waals surface area contributed by atoms with E-state index in [9.17, 15) is 28.3 Å². The van der Waals surface area contributed by atoms with Crippen molar-refractivity contribution in [2.24, 2.45) is 11.3 Å². The standard InChI is InChI=1S/C32H36F3N3O5S/c1-18(43-19(2)39)30(40)38(16-21-15-37(31(41)42)17-25(21)35)28(32(3,4)5)27-26(13-20-9-7-6-8-10-20)44-29(36-27)23-14-22(33)11-12-24(23)34/h6-12,14,18,21,25,28H,13,15-17H2,1-5H3,(H,41,42)/t18-,21?,25?,28-/m0/s1. The SMILES string of the molecule is CC(=O)O[C@@H](C)C(=O)N(CC1CN(C(=O)O)CC1F)[C@@H](c1nc(-c2cc(F)ccc2F)sc1Cc1ccccc1)C(C)(C)C. The van der Waals surface area contributed by atoms with Crippen LogP contribution in [0.5, 0.6) is 0 Å². The molecule has 2 aromatic carbocycles. The fourth-order valence-corrected chi connectivity index (χ4v) is 6.70. The van der Waals surface area contributed by atoms with E-state index in [1.165, 1.54) is 30.1 Å². The largest absolute Gasteiger partial charge is 0.465 e. The Kier molecular flexibility index (Phi) is 10.0. The predicted octanol–water partition coefficient (Wildman–Crippen LogP) is 6.49. The van der Waals surface area contributed by atoms with E-state index < -0.39 is 59.3 Å². The lowest BCUT2D eigenvalue weighted by Crippen LogP contribution is -2.49. The molecule has 12 heteroatoms. The summed E-state index contributed by atoms with van der Waals surface area (Å²) in [6.07, 6.45) is -3.67. The van der Waals surface area contributed by atoms with E-state index in [1.54, 1.807) is 0 Å². The molecule has 8 nitrogen and oxygen atoms in total. The number of nitrogens with zero attached hydrogens (tertiary/aromatic N) is 3. The van der Waals surface area contributed by atoms with Crippen molar-refractivity contribution in [2.45, 2.75) is 59.4 Å². The van der Waals surface area contributed by atoms with Gasteiger partial charge in [0, 0.05) is 42.8 Å². The Bertz CT molecular complexity index is 1510. The molecule has 2 heterocycles. The van der Waals surface area contributed by atoms with Crippen molar-refractivity contribution in [1.82, 2.24) is 14.8 Å². The van der Waals surface area contributed by atoms with Gasteiger partial charge in [0.05, 0.1) is 18.3 Å². The van der Waals surface area contributed by atoms with Crippen LogP contribution in [-0.4, -0.2) is 69.8 Å². The van der Waals surface area contributed by atoms with Crippen molar-refractivity contribution in [3.05, 3.63) is 76.3 Å². The van der Waals surface area contributed by atoms with Gasteiger partial charge in [-0.2, -0.15) is 0 Å². The maximum atomic E-state index is 15.3. The van der Waals surface area contributed by atoms with Crippen LogP contribution in [0.1, 0.15) is 56.8 Å². The molecule has 1 aliphatic heterocycles. The number of benzene rings is 2. The highest BCUT2D eigenvalue weighted by Gasteiger charge is 2.44. The molecule has 1 fully saturated rings. The van der Waals surface area contributed by atoms with E-state index in [1.807, 2.05) is 51.1 Å². The summed E-state index contributed by atoms with van der Waals surface area (Å²) in [5.41, 5.74) is 0.543. The summed E-state index contributed by atoms with van der Waals surface area (Å²) in [5, 5.41) is 9.69. The number of rotatable bonds is 9. The molecular formula is C32H36F3N3O5S. The topological polar surface area (TPSA) is 100 Å². The summed E-state index contributed by atoms with van der Waals surface area (Å²) in [7, 11) is 0. The van der Waals surface area contributed by atoms with Gasteiger partial charge in [0.25, 0.3) is 5.91 Å². The van der Waals surface area contributed by atoms with Crippen LogP contribution >= 0.6 is 11.3 Å². The third kappa shape index (κ3) is 7.58. The lowest BCUT2D eigenvalue weighted by Gasteiger charge is -2.42. The Labute approximate surface area is 258 Å². The monoisotopic (exact) mass is 631 g/mol. The number of halogens is 3. The van der Waals surface area contributed by atoms with Gasteiger partial charge >= 0.3 is 12.1 Å². The molecule has 0 bridgehead atoms. The van der Waals surface area contributed by atoms with Crippen LogP contribution in [0.2, 0.25) is 0 Å². The number of esters is 1. The summed E-state index contributed by atoms with van der Waals surface area (Å²) in [6, 6.07) is 11.7. The van der Waals surface area contributed by atoms with E-state index >= 15 is 4.39 Å². The second-order valence-electron chi connectivity index (χ2n) is 12.1. The Morgan fingerprint density at radius 1 is 1.14 bits per heavy atom. The number of likely N-dealkylation sites (tertiary alicyclic amines) is 1. The number of carbonyl (C=O) groups excluding carboxylic acids is 2. The molecule has 1 aromatic heterocycles. The number of hydrogen-bond donors (Lipinski definition) is 1. The van der Waals surface area contributed by atoms with Crippen LogP contribution in [0.4, 0.5) is 18.0 Å². The van der Waals surface area contributed by atoms with E-state index in [2.05, 4.69) is 0 Å². The number of thiazole rings is 1. The summed E-state index contributed by atoms with van der Waals surface area (Å²) in [5.74, 6) is -3.46. The molecule has 0 spiro atoms. The van der Waals surface area contributed by atoms with Crippen molar-refractivity contribution >= 4 is 29.3 Å². The number of ether oxygens (including phenoxy) is 1. The Balaban J connectivity index is 1.89. The molecule has 0 aliphatic carbocycles. The smallest absolute Gasteiger partial charge is 0.407 e. The second kappa shape index (κ2) is 13.4. The number of alkyl halides is 1. The zero-order chi connectivity index (χ0) is 32.3. The normalized spacial score (nSPS) is 18.1. The third-order valence-electron chi connectivity index (χ3n) is 7.52. The molecule has 1 N–H and O–H groups in total. The zero-order valence-electron chi connectivity index (χ0n) is 25.2. The summed E-state index contributed by atoms with van der Waals surface area (Å²) >= 11 is 1.17. The minimum atomic E-state index is -1.54. The first-order chi connectivity index (χ1) is 20.6. The zero-order valence-corrected chi connectivity index (χ0v) is 26.0. The fourth-order valence-electron chi connectivity index (χ4n) is 5.55. The van der Waals surface area contributed by atoms with Gasteiger partial charge in [0.1, 0.15) is 22.8 Å². The van der Waals surface area contributed by atoms with Crippen LogP contribution in [0.25, 0.3) is 10.6 Å². The maximum Gasteiger partial charge on any atom is 0.407 e. The number of aromatic nitrogens is 1. The molecule has 3 aromatic rings. The minimum Gasteiger partial charge on any atom is -0.465 e. The molecule has 0 radical (unpaired) electrons. The lowest BCUT2D eigenvalue weighted by molar-refractivity contribution is -0.160. The van der Waals surface area contributed by atoms with Gasteiger partial charge in [-0.1, -0.05) is 51.1 Å². The van der Waals surface area contributed by atoms with Crippen molar-refractivity contribution in [1.29, 1.82) is 0 Å². The van der Waals surface area contributed by atoms with Gasteiger partial charge < -0.3 is 19.6 Å². The van der Waals surface area contributed by atoms with Crippen molar-refractivity contribution in [3.63, 3.8) is 0 Å². The first kappa shape index (κ1) is 33.0. The number of hydrogen-bond acceptors (Lipinski definition) is 6. The van der Waals surface area contributed by atoms with Crippen molar-refractivity contribution in [2.75, 3.05) is 19.6 Å². The summed E-state index contributed by atoms with van der Waals surface area (Å²) in [6.45, 7) is 7.54. The highest BCUT2D eigenvalue weighted by Crippen LogP contribution is 2.44. The highest BCUT2D eigenvalue weighted by atomic mass is 32.1. The van der Waals surface area contributed by atoms with E-state index in [0.717, 1.165) is 28.7 Å². The Hall–Kier alpha value is -3.93. The average molecular weight is 632 g/mol. The van der Waals surface area contributed by atoms with Crippen LogP contribution in [0.15, 0.2) is 48.5 Å². The van der Waals surface area contributed by atoms with Gasteiger partial charge in [-0.3, -0.25) is 9.59 Å². The van der Waals surface area contributed by atoms with Gasteiger partial charge in [-0.25, -0.2) is 22.9 Å². The van der Waals surface area contributed by atoms with Crippen LogP contribution in [0, 0.1) is 23.0 Å². The molecule has 2 amide bonds. The predicted molar refractivity (Wildman–Crippen MR) is 160 cm³/mol. The number of carbonyl (C=O) groups is 3. The molecule has 1 aliphatic rings. The molecule has 236 valence electrons. The Morgan fingerprint density at radius 3 is 2.41 bits per heavy atom. The third-order valence-corrected chi connectivity index (χ3v) is 8.63. The van der Waals surface area contributed by atoms with E-state index in [-0.39, 0.29) is 30.2 Å². The number of amides is 2. The molecular weight excluding hydrogens is 595 g/mol. The van der Waals surface area contributed by atoms with Gasteiger partial charge in [0.15, 0.2) is 6.10 Å². The lowest BCUT2D eigenvalue weighted by atomic mass is 9.81. The second-order valence-corrected chi connectivity index (χ2v) is 13.2.